The molecule has 2 aliphatic rings. The van der Waals surface area contributed by atoms with E-state index in [9.17, 15) is 14.4 Å². The molecule has 1 unspecified atom stereocenters. The van der Waals surface area contributed by atoms with Crippen molar-refractivity contribution in [1.29, 1.82) is 0 Å². The normalized spacial score (nSPS) is 22.5. The van der Waals surface area contributed by atoms with E-state index in [-0.39, 0.29) is 24.6 Å². The van der Waals surface area contributed by atoms with Gasteiger partial charge < -0.3 is 25.1 Å². The third-order valence-corrected chi connectivity index (χ3v) is 3.20. The fourth-order valence-electron chi connectivity index (χ4n) is 2.29. The van der Waals surface area contributed by atoms with Crippen LogP contribution in [0.5, 0.6) is 0 Å². The van der Waals surface area contributed by atoms with Gasteiger partial charge in [-0.1, -0.05) is 0 Å². The summed E-state index contributed by atoms with van der Waals surface area (Å²) in [5.41, 5.74) is 0. The Balaban J connectivity index is 1.93. The van der Waals surface area contributed by atoms with Gasteiger partial charge in [-0.2, -0.15) is 0 Å². The Hall–Kier alpha value is -1.99. The molecule has 0 aromatic carbocycles. The largest absolute Gasteiger partial charge is 0.480 e. The first-order chi connectivity index (χ1) is 8.49. The van der Waals surface area contributed by atoms with Crippen LogP contribution >= 0.6 is 0 Å². The van der Waals surface area contributed by atoms with Crippen LogP contribution in [0.25, 0.3) is 0 Å². The Bertz CT molecular complexity index is 386. The van der Waals surface area contributed by atoms with E-state index in [2.05, 4.69) is 5.32 Å². The minimum absolute atomic E-state index is 0.00609. The molecule has 18 heavy (non-hydrogen) atoms. The summed E-state index contributed by atoms with van der Waals surface area (Å²) in [5, 5.41) is 11.4. The molecule has 0 spiro atoms. The van der Waals surface area contributed by atoms with Crippen LogP contribution in [0.4, 0.5) is 9.59 Å². The van der Waals surface area contributed by atoms with Gasteiger partial charge in [0, 0.05) is 33.2 Å². The molecule has 0 radical (unpaired) electrons. The summed E-state index contributed by atoms with van der Waals surface area (Å²) in [4.78, 5) is 38.4. The second-order valence-electron chi connectivity index (χ2n) is 4.51. The average Bonchev–Trinajstić information content (AvgIpc) is 2.69. The summed E-state index contributed by atoms with van der Waals surface area (Å²) in [5.74, 6) is -1.04. The number of urea groups is 2. The lowest BCUT2D eigenvalue weighted by Crippen LogP contribution is -2.56. The average molecular weight is 256 g/mol. The molecule has 2 N–H and O–H groups in total. The number of carbonyl (C=O) groups excluding carboxylic acids is 2. The van der Waals surface area contributed by atoms with Gasteiger partial charge in [-0.05, 0) is 0 Å². The molecule has 100 valence electrons. The molecular weight excluding hydrogens is 240 g/mol. The van der Waals surface area contributed by atoms with Crippen LogP contribution in [-0.4, -0.2) is 83.7 Å². The zero-order valence-electron chi connectivity index (χ0n) is 10.1. The molecule has 2 rings (SSSR count). The van der Waals surface area contributed by atoms with Crippen molar-refractivity contribution in [2.24, 2.45) is 0 Å². The van der Waals surface area contributed by atoms with Crippen LogP contribution in [-0.2, 0) is 4.79 Å². The van der Waals surface area contributed by atoms with E-state index in [1.165, 1.54) is 11.9 Å². The molecule has 8 nitrogen and oxygen atoms in total. The number of hydrogen-bond acceptors (Lipinski definition) is 3. The first kappa shape index (κ1) is 12.5. The maximum Gasteiger partial charge on any atom is 0.323 e. The molecule has 2 heterocycles. The molecule has 2 saturated heterocycles. The van der Waals surface area contributed by atoms with Gasteiger partial charge in [-0.15, -0.1) is 0 Å². The first-order valence-corrected chi connectivity index (χ1v) is 5.75. The smallest absolute Gasteiger partial charge is 0.323 e. The molecule has 0 bridgehead atoms. The molecule has 2 fully saturated rings. The van der Waals surface area contributed by atoms with Crippen molar-refractivity contribution < 1.29 is 19.5 Å². The number of nitrogens with one attached hydrogen (secondary N) is 1. The summed E-state index contributed by atoms with van der Waals surface area (Å²) in [6, 6.07) is -0.407. The number of hydrogen-bond donors (Lipinski definition) is 2. The van der Waals surface area contributed by atoms with Crippen molar-refractivity contribution in [3.63, 3.8) is 0 Å². The van der Waals surface area contributed by atoms with Gasteiger partial charge in [0.25, 0.3) is 0 Å². The molecule has 1 atom stereocenters. The quantitative estimate of drug-likeness (QED) is 0.651. The maximum atomic E-state index is 12.0. The number of piperazine rings is 1. The van der Waals surface area contributed by atoms with E-state index < -0.39 is 5.97 Å². The van der Waals surface area contributed by atoms with Crippen LogP contribution in [0, 0.1) is 0 Å². The van der Waals surface area contributed by atoms with Crippen molar-refractivity contribution in [3.8, 4) is 0 Å². The number of nitrogens with zero attached hydrogens (tertiary/aromatic N) is 3. The van der Waals surface area contributed by atoms with Crippen molar-refractivity contribution in [3.05, 3.63) is 0 Å². The molecule has 0 saturated carbocycles. The number of fused-ring (bicyclic) bond motifs is 1. The number of carbonyl (C=O) groups is 3. The molecular formula is C10H16N4O4. The SMILES string of the molecule is CN(CC(=O)O)C(=O)N1CCN2C(=O)NCC2C1. The summed E-state index contributed by atoms with van der Waals surface area (Å²) < 4.78 is 0. The van der Waals surface area contributed by atoms with Gasteiger partial charge in [-0.3, -0.25) is 4.79 Å². The van der Waals surface area contributed by atoms with Crippen molar-refractivity contribution in [2.45, 2.75) is 6.04 Å². The van der Waals surface area contributed by atoms with Crippen LogP contribution < -0.4 is 5.32 Å². The van der Waals surface area contributed by atoms with Gasteiger partial charge in [0.2, 0.25) is 0 Å². The Morgan fingerprint density at radius 3 is 2.89 bits per heavy atom. The Morgan fingerprint density at radius 2 is 2.22 bits per heavy atom. The Morgan fingerprint density at radius 1 is 1.50 bits per heavy atom. The highest BCUT2D eigenvalue weighted by atomic mass is 16.4. The third kappa shape index (κ3) is 2.31. The Kier molecular flexibility index (Phi) is 3.26. The molecule has 8 heteroatoms. The molecule has 0 aliphatic carbocycles. The lowest BCUT2D eigenvalue weighted by atomic mass is 10.2. The van der Waals surface area contributed by atoms with E-state index >= 15 is 0 Å². The third-order valence-electron chi connectivity index (χ3n) is 3.20. The maximum absolute atomic E-state index is 12.0. The van der Waals surface area contributed by atoms with Crippen LogP contribution in [0.1, 0.15) is 0 Å². The van der Waals surface area contributed by atoms with E-state index in [0.717, 1.165) is 0 Å². The molecule has 4 amide bonds. The minimum atomic E-state index is -1.04. The van der Waals surface area contributed by atoms with E-state index in [0.29, 0.717) is 26.2 Å². The Labute approximate surface area is 104 Å². The van der Waals surface area contributed by atoms with Gasteiger partial charge >= 0.3 is 18.0 Å². The van der Waals surface area contributed by atoms with Gasteiger partial charge in [-0.25, -0.2) is 9.59 Å². The number of carboxylic acid groups (broad SMARTS) is 1. The predicted molar refractivity (Wildman–Crippen MR) is 61.1 cm³/mol. The number of rotatable bonds is 2. The van der Waals surface area contributed by atoms with E-state index in [4.69, 9.17) is 5.11 Å². The number of amides is 4. The standard InChI is InChI=1S/C10H16N4O4/c1-12(6-8(15)16)10(18)13-2-3-14-7(5-13)4-11-9(14)17/h7H,2-6H2,1H3,(H,11,17)(H,15,16). The second kappa shape index (κ2) is 4.71. The summed E-state index contributed by atoms with van der Waals surface area (Å²) in [7, 11) is 1.46. The number of carboxylic acids is 1. The fraction of sp³-hybridized carbons (Fsp3) is 0.700. The highest BCUT2D eigenvalue weighted by Crippen LogP contribution is 2.15. The highest BCUT2D eigenvalue weighted by Gasteiger charge is 2.37. The summed E-state index contributed by atoms with van der Waals surface area (Å²) in [6.07, 6.45) is 0. The second-order valence-corrected chi connectivity index (χ2v) is 4.51. The van der Waals surface area contributed by atoms with Gasteiger partial charge in [0.15, 0.2) is 0 Å². The zero-order valence-corrected chi connectivity index (χ0v) is 10.1. The van der Waals surface area contributed by atoms with Crippen LogP contribution in [0.3, 0.4) is 0 Å². The predicted octanol–water partition coefficient (Wildman–Crippen LogP) is -1.17. The molecule has 2 aliphatic heterocycles. The lowest BCUT2D eigenvalue weighted by molar-refractivity contribution is -0.137. The summed E-state index contributed by atoms with van der Waals surface area (Å²) in [6.45, 7) is 1.59. The van der Waals surface area contributed by atoms with E-state index in [1.54, 1.807) is 9.80 Å². The van der Waals surface area contributed by atoms with Gasteiger partial charge in [0.05, 0.1) is 6.04 Å². The monoisotopic (exact) mass is 256 g/mol. The number of aliphatic carboxylic acids is 1. The zero-order chi connectivity index (χ0) is 13.3. The molecule has 0 aromatic heterocycles. The minimum Gasteiger partial charge on any atom is -0.480 e. The number of likely N-dealkylation sites (N-methyl/N-ethyl adjacent to an activating group) is 1. The van der Waals surface area contributed by atoms with Crippen molar-refractivity contribution in [1.82, 2.24) is 20.0 Å². The highest BCUT2D eigenvalue weighted by molar-refractivity contribution is 5.81. The van der Waals surface area contributed by atoms with Crippen molar-refractivity contribution >= 4 is 18.0 Å². The van der Waals surface area contributed by atoms with Gasteiger partial charge in [0.1, 0.15) is 6.54 Å². The van der Waals surface area contributed by atoms with E-state index in [1.807, 2.05) is 0 Å². The van der Waals surface area contributed by atoms with Crippen LogP contribution in [0.15, 0.2) is 0 Å². The van der Waals surface area contributed by atoms with Crippen LogP contribution in [0.2, 0.25) is 0 Å². The van der Waals surface area contributed by atoms with Crippen molar-refractivity contribution in [2.75, 3.05) is 39.8 Å². The molecule has 0 aromatic rings. The topological polar surface area (TPSA) is 93.2 Å². The fourth-order valence-corrected chi connectivity index (χ4v) is 2.29. The first-order valence-electron chi connectivity index (χ1n) is 5.75. The lowest BCUT2D eigenvalue weighted by Gasteiger charge is -2.37. The summed E-state index contributed by atoms with van der Waals surface area (Å²) >= 11 is 0.